The normalized spacial score (nSPS) is 26.4. The van der Waals surface area contributed by atoms with Gasteiger partial charge in [-0.2, -0.15) is 0 Å². The molecule has 108 valence electrons. The van der Waals surface area contributed by atoms with Crippen LogP contribution in [-0.4, -0.2) is 47.1 Å². The minimum absolute atomic E-state index is 0.000847. The summed E-state index contributed by atoms with van der Waals surface area (Å²) >= 11 is 0. The molecule has 1 aromatic heterocycles. The number of likely N-dealkylation sites (tertiary alicyclic amines) is 1. The molecule has 0 unspecified atom stereocenters. The third-order valence-corrected chi connectivity index (χ3v) is 4.49. The molecule has 1 spiro atoms. The topological polar surface area (TPSA) is 54.5 Å². The molecule has 1 N–H and O–H groups in total. The average molecular weight is 275 g/mol. The van der Waals surface area contributed by atoms with Gasteiger partial charge < -0.3 is 10.1 Å². The van der Waals surface area contributed by atoms with Crippen molar-refractivity contribution in [2.75, 3.05) is 19.7 Å². The maximum Gasteiger partial charge on any atom is 0.246 e. The van der Waals surface area contributed by atoms with Crippen LogP contribution in [0.4, 0.5) is 0 Å². The van der Waals surface area contributed by atoms with Crippen LogP contribution in [0.25, 0.3) is 0 Å². The number of carbonyl (C=O) groups is 1. The van der Waals surface area contributed by atoms with Gasteiger partial charge in [0.25, 0.3) is 0 Å². The van der Waals surface area contributed by atoms with Gasteiger partial charge in [-0.25, -0.2) is 0 Å². The van der Waals surface area contributed by atoms with Crippen molar-refractivity contribution in [1.82, 2.24) is 15.2 Å². The molecule has 0 radical (unpaired) electrons. The van der Waals surface area contributed by atoms with Crippen LogP contribution in [0.5, 0.6) is 0 Å². The van der Waals surface area contributed by atoms with Crippen LogP contribution in [0.2, 0.25) is 0 Å². The third-order valence-electron chi connectivity index (χ3n) is 4.49. The van der Waals surface area contributed by atoms with Crippen LogP contribution in [0.3, 0.4) is 0 Å². The summed E-state index contributed by atoms with van der Waals surface area (Å²) in [6.45, 7) is 5.18. The van der Waals surface area contributed by atoms with Gasteiger partial charge in [0.2, 0.25) is 5.91 Å². The van der Waals surface area contributed by atoms with E-state index in [1.807, 2.05) is 19.2 Å². The fourth-order valence-electron chi connectivity index (χ4n) is 3.17. The van der Waals surface area contributed by atoms with E-state index in [4.69, 9.17) is 4.74 Å². The smallest absolute Gasteiger partial charge is 0.246 e. The molecule has 0 aromatic carbocycles. The zero-order valence-electron chi connectivity index (χ0n) is 11.8. The predicted molar refractivity (Wildman–Crippen MR) is 75.0 cm³/mol. The highest BCUT2D eigenvalue weighted by Gasteiger charge is 2.44. The summed E-state index contributed by atoms with van der Waals surface area (Å²) in [5, 5.41) is 3.01. The number of carbonyl (C=O) groups excluding carboxylic acids is 1. The lowest BCUT2D eigenvalue weighted by atomic mass is 9.83. The Hall–Kier alpha value is -1.46. The van der Waals surface area contributed by atoms with Gasteiger partial charge in [-0.3, -0.25) is 14.7 Å². The zero-order valence-corrected chi connectivity index (χ0v) is 11.8. The van der Waals surface area contributed by atoms with Crippen LogP contribution in [0, 0.1) is 0 Å². The first-order valence-electron chi connectivity index (χ1n) is 7.22. The van der Waals surface area contributed by atoms with Crippen molar-refractivity contribution in [2.45, 2.75) is 38.0 Å². The Labute approximate surface area is 119 Å². The molecule has 1 amide bonds. The van der Waals surface area contributed by atoms with Crippen molar-refractivity contribution >= 4 is 5.91 Å². The van der Waals surface area contributed by atoms with Crippen LogP contribution < -0.4 is 5.32 Å². The number of piperidine rings is 1. The third kappa shape index (κ3) is 2.69. The number of hydrogen-bond donors (Lipinski definition) is 1. The van der Waals surface area contributed by atoms with E-state index in [9.17, 15) is 4.79 Å². The second kappa shape index (κ2) is 5.50. The largest absolute Gasteiger partial charge is 0.363 e. The first-order chi connectivity index (χ1) is 9.68. The van der Waals surface area contributed by atoms with Gasteiger partial charge in [0, 0.05) is 32.0 Å². The highest BCUT2D eigenvalue weighted by molar-refractivity contribution is 5.78. The van der Waals surface area contributed by atoms with E-state index in [1.165, 1.54) is 5.56 Å². The Morgan fingerprint density at radius 3 is 2.95 bits per heavy atom. The Morgan fingerprint density at radius 2 is 2.30 bits per heavy atom. The number of hydrogen-bond acceptors (Lipinski definition) is 4. The molecule has 3 rings (SSSR count). The van der Waals surface area contributed by atoms with E-state index in [-0.39, 0.29) is 24.2 Å². The summed E-state index contributed by atoms with van der Waals surface area (Å²) in [4.78, 5) is 17.9. The fourth-order valence-corrected chi connectivity index (χ4v) is 3.17. The van der Waals surface area contributed by atoms with Crippen LogP contribution in [0.15, 0.2) is 24.5 Å². The molecule has 1 aromatic rings. The molecule has 5 nitrogen and oxygen atoms in total. The van der Waals surface area contributed by atoms with E-state index in [1.54, 1.807) is 6.20 Å². The van der Waals surface area contributed by atoms with Gasteiger partial charge in [-0.1, -0.05) is 6.07 Å². The predicted octanol–water partition coefficient (Wildman–Crippen LogP) is 0.951. The van der Waals surface area contributed by atoms with E-state index in [0.29, 0.717) is 0 Å². The number of morpholine rings is 1. The van der Waals surface area contributed by atoms with E-state index < -0.39 is 0 Å². The first kappa shape index (κ1) is 13.5. The molecular weight excluding hydrogens is 254 g/mol. The molecular formula is C15H21N3O2. The lowest BCUT2D eigenvalue weighted by Crippen LogP contribution is -2.62. The number of nitrogens with one attached hydrogen (secondary N) is 1. The Kier molecular flexibility index (Phi) is 3.72. The number of ether oxygens (including phenoxy) is 1. The number of amides is 1. The van der Waals surface area contributed by atoms with E-state index >= 15 is 0 Å². The molecule has 0 bridgehead atoms. The molecule has 2 aliphatic rings. The Balaban J connectivity index is 1.58. The van der Waals surface area contributed by atoms with Gasteiger partial charge in [-0.15, -0.1) is 0 Å². The lowest BCUT2D eigenvalue weighted by Gasteiger charge is -2.47. The van der Waals surface area contributed by atoms with Crippen molar-refractivity contribution in [2.24, 2.45) is 0 Å². The van der Waals surface area contributed by atoms with Gasteiger partial charge in [-0.05, 0) is 31.4 Å². The van der Waals surface area contributed by atoms with Crippen LogP contribution >= 0.6 is 0 Å². The van der Waals surface area contributed by atoms with E-state index in [2.05, 4.69) is 21.3 Å². The summed E-state index contributed by atoms with van der Waals surface area (Å²) in [5.41, 5.74) is 1.08. The molecule has 20 heavy (non-hydrogen) atoms. The van der Waals surface area contributed by atoms with Crippen LogP contribution in [0.1, 0.15) is 25.3 Å². The van der Waals surface area contributed by atoms with Crippen molar-refractivity contribution in [3.8, 4) is 0 Å². The Morgan fingerprint density at radius 1 is 1.50 bits per heavy atom. The van der Waals surface area contributed by atoms with Gasteiger partial charge in [0.1, 0.15) is 6.61 Å². The van der Waals surface area contributed by atoms with Gasteiger partial charge >= 0.3 is 0 Å². The number of rotatable bonds is 2. The molecule has 0 aliphatic carbocycles. The molecule has 0 saturated carbocycles. The summed E-state index contributed by atoms with van der Waals surface area (Å²) in [5.74, 6) is 0.000847. The molecule has 2 aliphatic heterocycles. The molecule has 3 heterocycles. The summed E-state index contributed by atoms with van der Waals surface area (Å²) in [6, 6.07) is 4.18. The highest BCUT2D eigenvalue weighted by atomic mass is 16.5. The second-order valence-electron chi connectivity index (χ2n) is 5.78. The minimum Gasteiger partial charge on any atom is -0.363 e. The molecule has 2 fully saturated rings. The zero-order chi connectivity index (χ0) is 14.0. The molecule has 1 atom stereocenters. The van der Waals surface area contributed by atoms with Crippen molar-refractivity contribution < 1.29 is 9.53 Å². The SMILES string of the molecule is C[C@H]1NC(=O)COC12CCN(Cc1cccnc1)CC2. The quantitative estimate of drug-likeness (QED) is 0.873. The van der Waals surface area contributed by atoms with E-state index in [0.717, 1.165) is 32.5 Å². The van der Waals surface area contributed by atoms with Gasteiger partial charge in [0.05, 0.1) is 11.6 Å². The van der Waals surface area contributed by atoms with Crippen LogP contribution in [-0.2, 0) is 16.1 Å². The number of pyridine rings is 1. The summed E-state index contributed by atoms with van der Waals surface area (Å²) in [7, 11) is 0. The maximum atomic E-state index is 11.4. The number of nitrogens with zero attached hydrogens (tertiary/aromatic N) is 2. The van der Waals surface area contributed by atoms with Crippen molar-refractivity contribution in [3.63, 3.8) is 0 Å². The summed E-state index contributed by atoms with van der Waals surface area (Å²) in [6.07, 6.45) is 5.66. The molecule has 2 saturated heterocycles. The summed E-state index contributed by atoms with van der Waals surface area (Å²) < 4.78 is 5.88. The average Bonchev–Trinajstić information content (AvgIpc) is 2.47. The van der Waals surface area contributed by atoms with Crippen molar-refractivity contribution in [1.29, 1.82) is 0 Å². The number of aromatic nitrogens is 1. The van der Waals surface area contributed by atoms with Gasteiger partial charge in [0.15, 0.2) is 0 Å². The minimum atomic E-state index is -0.167. The fraction of sp³-hybridized carbons (Fsp3) is 0.600. The lowest BCUT2D eigenvalue weighted by molar-refractivity contribution is -0.159. The Bertz CT molecular complexity index is 469. The molecule has 5 heteroatoms. The standard InChI is InChI=1S/C15H21N3O2/c1-12-15(20-11-14(19)17-12)4-7-18(8-5-15)10-13-3-2-6-16-9-13/h2-3,6,9,12H,4-5,7-8,10-11H2,1H3,(H,17,19)/t12-/m1/s1. The highest BCUT2D eigenvalue weighted by Crippen LogP contribution is 2.32. The maximum absolute atomic E-state index is 11.4. The monoisotopic (exact) mass is 275 g/mol. The second-order valence-corrected chi connectivity index (χ2v) is 5.78. The van der Waals surface area contributed by atoms with Crippen molar-refractivity contribution in [3.05, 3.63) is 30.1 Å². The first-order valence-corrected chi connectivity index (χ1v) is 7.22.